The molecule has 0 aromatic carbocycles. The van der Waals surface area contributed by atoms with Gasteiger partial charge in [-0.1, -0.05) is 12.8 Å². The zero-order valence-corrected chi connectivity index (χ0v) is 9.83. The van der Waals surface area contributed by atoms with Gasteiger partial charge in [-0.05, 0) is 26.7 Å². The average Bonchev–Trinajstić information content (AvgIpc) is 2.27. The lowest BCUT2D eigenvalue weighted by atomic mass is 9.85. The second kappa shape index (κ2) is 6.81. The van der Waals surface area contributed by atoms with Gasteiger partial charge in [0.05, 0.1) is 18.6 Å². The summed E-state index contributed by atoms with van der Waals surface area (Å²) in [6.07, 6.45) is 4.64. The molecule has 3 heteroatoms. The fraction of sp³-hybridized carbons (Fsp3) is 0.917. The number of hydrogen-bond acceptors (Lipinski definition) is 3. The molecule has 1 rings (SSSR count). The van der Waals surface area contributed by atoms with Crippen molar-refractivity contribution in [2.45, 2.75) is 51.6 Å². The van der Waals surface area contributed by atoms with Crippen LogP contribution in [-0.2, 0) is 4.74 Å². The van der Waals surface area contributed by atoms with Gasteiger partial charge in [-0.25, -0.2) is 0 Å². The summed E-state index contributed by atoms with van der Waals surface area (Å²) in [7, 11) is 0. The molecule has 0 amide bonds. The number of nitrogens with one attached hydrogen (secondary N) is 1. The highest BCUT2D eigenvalue weighted by atomic mass is 16.5. The van der Waals surface area contributed by atoms with E-state index in [0.717, 1.165) is 26.1 Å². The van der Waals surface area contributed by atoms with E-state index in [0.29, 0.717) is 12.1 Å². The summed E-state index contributed by atoms with van der Waals surface area (Å²) in [6.45, 7) is 5.63. The van der Waals surface area contributed by atoms with Crippen LogP contribution in [0.15, 0.2) is 0 Å². The summed E-state index contributed by atoms with van der Waals surface area (Å²) in [4.78, 5) is 0. The first-order chi connectivity index (χ1) is 7.27. The summed E-state index contributed by atoms with van der Waals surface area (Å²) >= 11 is 0. The van der Waals surface area contributed by atoms with Gasteiger partial charge in [0, 0.05) is 18.7 Å². The van der Waals surface area contributed by atoms with Gasteiger partial charge in [-0.3, -0.25) is 0 Å². The van der Waals surface area contributed by atoms with Crippen LogP contribution in [-0.4, -0.2) is 25.3 Å². The lowest BCUT2D eigenvalue weighted by molar-refractivity contribution is 0.118. The standard InChI is InChI=1S/C12H22N2O/c1-3-15-9-10(2)14-12-7-5-4-6-11(12)8-13/h10-12,14H,3-7,9H2,1-2H3. The molecule has 0 radical (unpaired) electrons. The maximum Gasteiger partial charge on any atom is 0.0672 e. The van der Waals surface area contributed by atoms with Crippen LogP contribution in [0, 0.1) is 17.2 Å². The lowest BCUT2D eigenvalue weighted by Crippen LogP contribution is -2.44. The Morgan fingerprint density at radius 3 is 2.87 bits per heavy atom. The third-order valence-electron chi connectivity index (χ3n) is 3.00. The first-order valence-corrected chi connectivity index (χ1v) is 6.01. The third kappa shape index (κ3) is 4.19. The minimum Gasteiger partial charge on any atom is -0.380 e. The zero-order chi connectivity index (χ0) is 11.1. The summed E-state index contributed by atoms with van der Waals surface area (Å²) in [6, 6.07) is 3.14. The lowest BCUT2D eigenvalue weighted by Gasteiger charge is -2.30. The smallest absolute Gasteiger partial charge is 0.0672 e. The molecule has 86 valence electrons. The molecule has 0 aromatic heterocycles. The minimum absolute atomic E-state index is 0.197. The molecule has 0 spiro atoms. The van der Waals surface area contributed by atoms with Crippen molar-refractivity contribution in [3.63, 3.8) is 0 Å². The van der Waals surface area contributed by atoms with Gasteiger partial charge in [0.1, 0.15) is 0 Å². The molecule has 1 aliphatic carbocycles. The van der Waals surface area contributed by atoms with Crippen LogP contribution in [0.3, 0.4) is 0 Å². The van der Waals surface area contributed by atoms with Crippen molar-refractivity contribution in [3.8, 4) is 6.07 Å². The number of nitriles is 1. The van der Waals surface area contributed by atoms with Crippen molar-refractivity contribution in [2.75, 3.05) is 13.2 Å². The van der Waals surface area contributed by atoms with E-state index in [-0.39, 0.29) is 5.92 Å². The first-order valence-electron chi connectivity index (χ1n) is 6.01. The third-order valence-corrected chi connectivity index (χ3v) is 3.00. The van der Waals surface area contributed by atoms with Gasteiger partial charge in [0.15, 0.2) is 0 Å². The first kappa shape index (κ1) is 12.5. The highest BCUT2D eigenvalue weighted by Crippen LogP contribution is 2.23. The SMILES string of the molecule is CCOCC(C)NC1CCCCC1C#N. The van der Waals surface area contributed by atoms with Crippen LogP contribution in [0.25, 0.3) is 0 Å². The molecular formula is C12H22N2O. The van der Waals surface area contributed by atoms with Gasteiger partial charge < -0.3 is 10.1 Å². The molecule has 3 unspecified atom stereocenters. The molecule has 1 saturated carbocycles. The normalized spacial score (nSPS) is 28.3. The van der Waals surface area contributed by atoms with Gasteiger partial charge in [-0.2, -0.15) is 5.26 Å². The number of ether oxygens (including phenoxy) is 1. The molecule has 1 fully saturated rings. The fourth-order valence-electron chi connectivity index (χ4n) is 2.19. The minimum atomic E-state index is 0.197. The van der Waals surface area contributed by atoms with E-state index in [1.165, 1.54) is 12.8 Å². The summed E-state index contributed by atoms with van der Waals surface area (Å²) in [5.41, 5.74) is 0. The Balaban J connectivity index is 2.31. The van der Waals surface area contributed by atoms with E-state index in [4.69, 9.17) is 10.00 Å². The molecule has 1 N–H and O–H groups in total. The van der Waals surface area contributed by atoms with Crippen LogP contribution in [0.4, 0.5) is 0 Å². The molecule has 3 atom stereocenters. The fourth-order valence-corrected chi connectivity index (χ4v) is 2.19. The zero-order valence-electron chi connectivity index (χ0n) is 9.83. The second-order valence-electron chi connectivity index (χ2n) is 4.35. The summed E-state index contributed by atoms with van der Waals surface area (Å²) in [5.74, 6) is 0.197. The van der Waals surface area contributed by atoms with Crippen molar-refractivity contribution in [3.05, 3.63) is 0 Å². The van der Waals surface area contributed by atoms with Crippen LogP contribution in [0.1, 0.15) is 39.5 Å². The largest absolute Gasteiger partial charge is 0.380 e. The van der Waals surface area contributed by atoms with Crippen molar-refractivity contribution >= 4 is 0 Å². The number of rotatable bonds is 5. The Morgan fingerprint density at radius 1 is 1.47 bits per heavy atom. The van der Waals surface area contributed by atoms with E-state index in [9.17, 15) is 0 Å². The van der Waals surface area contributed by atoms with E-state index in [1.807, 2.05) is 6.92 Å². The second-order valence-corrected chi connectivity index (χ2v) is 4.35. The topological polar surface area (TPSA) is 45.0 Å². The van der Waals surface area contributed by atoms with Gasteiger partial charge >= 0.3 is 0 Å². The van der Waals surface area contributed by atoms with Gasteiger partial charge in [-0.15, -0.1) is 0 Å². The quantitative estimate of drug-likeness (QED) is 0.755. The van der Waals surface area contributed by atoms with Crippen molar-refractivity contribution in [2.24, 2.45) is 5.92 Å². The Labute approximate surface area is 92.8 Å². The predicted molar refractivity (Wildman–Crippen MR) is 60.4 cm³/mol. The number of hydrogen-bond donors (Lipinski definition) is 1. The average molecular weight is 210 g/mol. The van der Waals surface area contributed by atoms with Gasteiger partial charge in [0.2, 0.25) is 0 Å². The summed E-state index contributed by atoms with van der Waals surface area (Å²) < 4.78 is 5.36. The van der Waals surface area contributed by atoms with Crippen LogP contribution in [0.5, 0.6) is 0 Å². The van der Waals surface area contributed by atoms with Crippen LogP contribution in [0.2, 0.25) is 0 Å². The Hall–Kier alpha value is -0.590. The molecule has 0 heterocycles. The number of nitrogens with zero attached hydrogens (tertiary/aromatic N) is 1. The van der Waals surface area contributed by atoms with Crippen LogP contribution < -0.4 is 5.32 Å². The maximum atomic E-state index is 9.03. The van der Waals surface area contributed by atoms with E-state index in [2.05, 4.69) is 18.3 Å². The summed E-state index contributed by atoms with van der Waals surface area (Å²) in [5, 5.41) is 12.5. The molecule has 15 heavy (non-hydrogen) atoms. The Morgan fingerprint density at radius 2 is 2.20 bits per heavy atom. The Kier molecular flexibility index (Phi) is 5.67. The van der Waals surface area contributed by atoms with Crippen LogP contribution >= 0.6 is 0 Å². The maximum absolute atomic E-state index is 9.03. The van der Waals surface area contributed by atoms with Crippen molar-refractivity contribution < 1.29 is 4.74 Å². The Bertz CT molecular complexity index is 212. The molecule has 0 aliphatic heterocycles. The predicted octanol–water partition coefficient (Wildman–Crippen LogP) is 2.08. The highest BCUT2D eigenvalue weighted by molar-refractivity contribution is 4.95. The highest BCUT2D eigenvalue weighted by Gasteiger charge is 2.25. The molecule has 3 nitrogen and oxygen atoms in total. The van der Waals surface area contributed by atoms with Gasteiger partial charge in [0.25, 0.3) is 0 Å². The molecular weight excluding hydrogens is 188 g/mol. The molecule has 1 aliphatic rings. The molecule has 0 bridgehead atoms. The molecule has 0 saturated heterocycles. The van der Waals surface area contributed by atoms with Crippen molar-refractivity contribution in [1.29, 1.82) is 5.26 Å². The van der Waals surface area contributed by atoms with E-state index in [1.54, 1.807) is 0 Å². The van der Waals surface area contributed by atoms with E-state index < -0.39 is 0 Å². The monoisotopic (exact) mass is 210 g/mol. The molecule has 0 aromatic rings. The van der Waals surface area contributed by atoms with Crippen molar-refractivity contribution in [1.82, 2.24) is 5.32 Å². The van der Waals surface area contributed by atoms with E-state index >= 15 is 0 Å².